The molecule has 4 rings (SSSR count). The van der Waals surface area contributed by atoms with Crippen LogP contribution in [0.1, 0.15) is 23.4 Å². The minimum Gasteiger partial charge on any atom is -0.496 e. The molecule has 0 saturated heterocycles. The van der Waals surface area contributed by atoms with Crippen molar-refractivity contribution in [2.75, 3.05) is 13.7 Å². The summed E-state index contributed by atoms with van der Waals surface area (Å²) in [4.78, 5) is 12.5. The number of carbonyl (C=O) groups excluding carboxylic acids is 1. The number of amides is 1. The molecule has 1 aliphatic rings. The van der Waals surface area contributed by atoms with E-state index in [0.29, 0.717) is 32.9 Å². The van der Waals surface area contributed by atoms with E-state index in [1.54, 1.807) is 18.2 Å². The SMILES string of the molecule is COc1ccc(Cl)cc1-c1cc(F)cc2cc(C(=O)NC3CC(CO)C3)oc12. The average molecular weight is 404 g/mol. The normalized spacial score (nSPS) is 18.7. The van der Waals surface area contributed by atoms with Crippen LogP contribution in [0.25, 0.3) is 22.1 Å². The Morgan fingerprint density at radius 2 is 2.07 bits per heavy atom. The molecule has 0 radical (unpaired) electrons. The summed E-state index contributed by atoms with van der Waals surface area (Å²) in [6.45, 7) is 0.126. The lowest BCUT2D eigenvalue weighted by atomic mass is 9.81. The summed E-state index contributed by atoms with van der Waals surface area (Å²) in [5.74, 6) is 0.0412. The van der Waals surface area contributed by atoms with Gasteiger partial charge in [-0.05, 0) is 55.2 Å². The van der Waals surface area contributed by atoms with Crippen LogP contribution in [0.3, 0.4) is 0 Å². The fourth-order valence-corrected chi connectivity index (χ4v) is 3.75. The molecule has 28 heavy (non-hydrogen) atoms. The fraction of sp³-hybridized carbons (Fsp3) is 0.286. The van der Waals surface area contributed by atoms with Crippen molar-refractivity contribution in [1.82, 2.24) is 5.32 Å². The van der Waals surface area contributed by atoms with Crippen LogP contribution in [0.2, 0.25) is 5.02 Å². The quantitative estimate of drug-likeness (QED) is 0.662. The Labute approximate surface area is 166 Å². The van der Waals surface area contributed by atoms with Gasteiger partial charge in [0.2, 0.25) is 0 Å². The molecule has 3 aromatic rings. The number of nitrogens with one attached hydrogen (secondary N) is 1. The van der Waals surface area contributed by atoms with Crippen LogP contribution in [-0.2, 0) is 0 Å². The summed E-state index contributed by atoms with van der Waals surface area (Å²) in [7, 11) is 1.52. The summed E-state index contributed by atoms with van der Waals surface area (Å²) in [6.07, 6.45) is 1.48. The summed E-state index contributed by atoms with van der Waals surface area (Å²) in [6, 6.07) is 9.23. The Kier molecular flexibility index (Phi) is 5.00. The summed E-state index contributed by atoms with van der Waals surface area (Å²) >= 11 is 6.11. The number of methoxy groups -OCH3 is 1. The van der Waals surface area contributed by atoms with Gasteiger partial charge in [-0.15, -0.1) is 0 Å². The van der Waals surface area contributed by atoms with Gasteiger partial charge in [-0.3, -0.25) is 4.79 Å². The number of fused-ring (bicyclic) bond motifs is 1. The van der Waals surface area contributed by atoms with Crippen molar-refractivity contribution in [2.45, 2.75) is 18.9 Å². The molecule has 0 aliphatic heterocycles. The first-order valence-electron chi connectivity index (χ1n) is 8.97. The van der Waals surface area contributed by atoms with E-state index >= 15 is 0 Å². The molecule has 1 heterocycles. The zero-order chi connectivity index (χ0) is 19.8. The zero-order valence-corrected chi connectivity index (χ0v) is 15.9. The highest BCUT2D eigenvalue weighted by Crippen LogP contribution is 2.38. The second-order valence-corrected chi connectivity index (χ2v) is 7.45. The molecule has 2 N–H and O–H groups in total. The first-order valence-corrected chi connectivity index (χ1v) is 9.35. The van der Waals surface area contributed by atoms with Crippen molar-refractivity contribution in [3.63, 3.8) is 0 Å². The van der Waals surface area contributed by atoms with Gasteiger partial charge in [0.25, 0.3) is 5.91 Å². The van der Waals surface area contributed by atoms with Gasteiger partial charge in [-0.2, -0.15) is 0 Å². The van der Waals surface area contributed by atoms with Crippen LogP contribution in [0.4, 0.5) is 4.39 Å². The Bertz CT molecular complexity index is 1040. The van der Waals surface area contributed by atoms with Crippen LogP contribution < -0.4 is 10.1 Å². The molecule has 2 aromatic carbocycles. The van der Waals surface area contributed by atoms with Crippen LogP contribution in [0.15, 0.2) is 40.8 Å². The summed E-state index contributed by atoms with van der Waals surface area (Å²) in [5.41, 5.74) is 1.41. The van der Waals surface area contributed by atoms with Crippen molar-refractivity contribution >= 4 is 28.5 Å². The first-order chi connectivity index (χ1) is 13.5. The third kappa shape index (κ3) is 3.45. The smallest absolute Gasteiger partial charge is 0.287 e. The van der Waals surface area contributed by atoms with Crippen LogP contribution in [0, 0.1) is 11.7 Å². The highest BCUT2D eigenvalue weighted by molar-refractivity contribution is 6.31. The van der Waals surface area contributed by atoms with Gasteiger partial charge in [-0.25, -0.2) is 4.39 Å². The van der Waals surface area contributed by atoms with Crippen LogP contribution in [0.5, 0.6) is 5.75 Å². The Hall–Kier alpha value is -2.57. The number of aliphatic hydroxyl groups excluding tert-OH is 1. The Morgan fingerprint density at radius 1 is 1.29 bits per heavy atom. The predicted octanol–water partition coefficient (Wildman–Crippen LogP) is 4.40. The molecule has 146 valence electrons. The van der Waals surface area contributed by atoms with E-state index in [4.69, 9.17) is 25.9 Å². The molecule has 1 saturated carbocycles. The van der Waals surface area contributed by atoms with Gasteiger partial charge in [0.1, 0.15) is 17.1 Å². The molecule has 1 aliphatic carbocycles. The molecular formula is C21H19ClFNO4. The molecular weight excluding hydrogens is 385 g/mol. The van der Waals surface area contributed by atoms with E-state index < -0.39 is 5.82 Å². The maximum Gasteiger partial charge on any atom is 0.287 e. The van der Waals surface area contributed by atoms with Gasteiger partial charge in [0, 0.05) is 34.2 Å². The second-order valence-electron chi connectivity index (χ2n) is 7.02. The van der Waals surface area contributed by atoms with E-state index in [-0.39, 0.29) is 30.2 Å². The lowest BCUT2D eigenvalue weighted by Gasteiger charge is -2.34. The van der Waals surface area contributed by atoms with Gasteiger partial charge in [0.15, 0.2) is 5.76 Å². The van der Waals surface area contributed by atoms with E-state index in [1.165, 1.54) is 25.3 Å². The van der Waals surface area contributed by atoms with Crippen LogP contribution >= 0.6 is 11.6 Å². The van der Waals surface area contributed by atoms with Crippen molar-refractivity contribution in [3.8, 4) is 16.9 Å². The molecule has 0 bridgehead atoms. The van der Waals surface area contributed by atoms with Gasteiger partial charge in [0.05, 0.1) is 7.11 Å². The number of hydrogen-bond acceptors (Lipinski definition) is 4. The molecule has 1 amide bonds. The highest BCUT2D eigenvalue weighted by Gasteiger charge is 2.30. The molecule has 7 heteroatoms. The average Bonchev–Trinajstić information content (AvgIpc) is 3.07. The molecule has 1 fully saturated rings. The van der Waals surface area contributed by atoms with Gasteiger partial charge >= 0.3 is 0 Å². The Morgan fingerprint density at radius 3 is 2.79 bits per heavy atom. The number of furan rings is 1. The van der Waals surface area contributed by atoms with Crippen LogP contribution in [-0.4, -0.2) is 30.8 Å². The summed E-state index contributed by atoms with van der Waals surface area (Å²) < 4.78 is 25.4. The topological polar surface area (TPSA) is 71.7 Å². The molecule has 5 nitrogen and oxygen atoms in total. The summed E-state index contributed by atoms with van der Waals surface area (Å²) in [5, 5.41) is 12.9. The molecule has 1 aromatic heterocycles. The monoisotopic (exact) mass is 403 g/mol. The fourth-order valence-electron chi connectivity index (χ4n) is 3.58. The minimum atomic E-state index is -0.456. The van der Waals surface area contributed by atoms with Crippen molar-refractivity contribution in [3.05, 3.63) is 53.0 Å². The first kappa shape index (κ1) is 18.8. The van der Waals surface area contributed by atoms with Crippen molar-refractivity contribution in [2.24, 2.45) is 5.92 Å². The maximum absolute atomic E-state index is 14.2. The predicted molar refractivity (Wildman–Crippen MR) is 104 cm³/mol. The largest absolute Gasteiger partial charge is 0.496 e. The second kappa shape index (κ2) is 7.45. The lowest BCUT2D eigenvalue weighted by Crippen LogP contribution is -2.45. The molecule has 0 atom stereocenters. The number of rotatable bonds is 5. The van der Waals surface area contributed by atoms with Crippen molar-refractivity contribution < 1.29 is 23.4 Å². The maximum atomic E-state index is 14.2. The van der Waals surface area contributed by atoms with Gasteiger partial charge < -0.3 is 19.6 Å². The standard InChI is InChI=1S/C21H19ClFNO4/c1-27-18-3-2-13(22)8-16(18)17-9-14(23)6-12-7-19(28-20(12)17)21(26)24-15-4-11(5-15)10-25/h2-3,6-9,11,15,25H,4-5,10H2,1H3,(H,24,26). The third-order valence-corrected chi connectivity index (χ3v) is 5.32. The number of halogens is 2. The molecule has 0 unspecified atom stereocenters. The van der Waals surface area contributed by atoms with E-state index in [2.05, 4.69) is 5.32 Å². The zero-order valence-electron chi connectivity index (χ0n) is 15.2. The number of hydrogen-bond donors (Lipinski definition) is 2. The third-order valence-electron chi connectivity index (χ3n) is 5.09. The number of benzene rings is 2. The van der Waals surface area contributed by atoms with E-state index in [9.17, 15) is 9.18 Å². The number of aliphatic hydroxyl groups is 1. The van der Waals surface area contributed by atoms with Gasteiger partial charge in [-0.1, -0.05) is 11.6 Å². The highest BCUT2D eigenvalue weighted by atomic mass is 35.5. The Balaban J connectivity index is 1.71. The van der Waals surface area contributed by atoms with Crippen molar-refractivity contribution in [1.29, 1.82) is 0 Å². The van der Waals surface area contributed by atoms with E-state index in [0.717, 1.165) is 12.8 Å². The number of ether oxygens (including phenoxy) is 1. The number of carbonyl (C=O) groups is 1. The lowest BCUT2D eigenvalue weighted by molar-refractivity contribution is 0.0808. The van der Waals surface area contributed by atoms with E-state index in [1.807, 2.05) is 0 Å². The molecule has 0 spiro atoms. The minimum absolute atomic E-state index is 0.0158.